The van der Waals surface area contributed by atoms with E-state index in [-0.39, 0.29) is 52.6 Å². The summed E-state index contributed by atoms with van der Waals surface area (Å²) < 4.78 is 0. The molecule has 6 aliphatic heterocycles. The van der Waals surface area contributed by atoms with Crippen molar-refractivity contribution in [1.82, 2.24) is 0 Å². The van der Waals surface area contributed by atoms with Crippen LogP contribution in [0.1, 0.15) is 169 Å². The summed E-state index contributed by atoms with van der Waals surface area (Å²) in [6.45, 7) is 76.8. The van der Waals surface area contributed by atoms with E-state index in [9.17, 15) is 0 Å². The molecule has 15 aromatic rings. The Morgan fingerprint density at radius 1 is 0.183 bits per heavy atom. The van der Waals surface area contributed by atoms with Crippen molar-refractivity contribution in [3.63, 3.8) is 0 Å². The van der Waals surface area contributed by atoms with E-state index in [0.29, 0.717) is 0 Å². The maximum Gasteiger partial charge on any atom is 0.252 e. The highest BCUT2D eigenvalue weighted by atomic mass is 28.3. The van der Waals surface area contributed by atoms with Gasteiger partial charge in [0.1, 0.15) is 0 Å². The first-order valence-electron chi connectivity index (χ1n) is 52.1. The normalized spacial score (nSPS) is 14.5. The molecular weight excluding hydrogens is 1780 g/mol. The molecule has 142 heavy (non-hydrogen) atoms. The van der Waals surface area contributed by atoms with Gasteiger partial charge in [-0.25, -0.2) is 0 Å². The number of hydrogen-bond donors (Lipinski definition) is 0. The van der Waals surface area contributed by atoms with Gasteiger partial charge in [-0.15, -0.1) is 0 Å². The van der Waals surface area contributed by atoms with E-state index < -0.39 is 32.3 Å². The number of fused-ring (bicyclic) bond motifs is 12. The summed E-state index contributed by atoms with van der Waals surface area (Å²) in [6, 6.07) is 120. The van der Waals surface area contributed by atoms with E-state index in [1.165, 1.54) is 149 Å². The molecule has 6 heterocycles. The van der Waals surface area contributed by atoms with E-state index in [1.807, 2.05) is 0 Å². The van der Waals surface area contributed by atoms with Crippen molar-refractivity contribution in [3.8, 4) is 0 Å². The fourth-order valence-corrected chi connectivity index (χ4v) is 27.9. The molecule has 0 aromatic heterocycles. The average molecular weight is 1930 g/mol. The molecular formula is C128H144B3N7Si4. The lowest BCUT2D eigenvalue weighted by Crippen LogP contribution is -2.62. The number of hydrogen-bond acceptors (Lipinski definition) is 7. The van der Waals surface area contributed by atoms with Gasteiger partial charge < -0.3 is 34.3 Å². The van der Waals surface area contributed by atoms with Gasteiger partial charge in [0.05, 0.1) is 49.4 Å². The Hall–Kier alpha value is -12.0. The van der Waals surface area contributed by atoms with Gasteiger partial charge in [-0.3, -0.25) is 0 Å². The number of aryl methyl sites for hydroxylation is 2. The molecule has 0 bridgehead atoms. The van der Waals surface area contributed by atoms with E-state index in [2.05, 4.69) is 543 Å². The minimum atomic E-state index is -2.00. The first-order chi connectivity index (χ1) is 66.5. The highest BCUT2D eigenvalue weighted by Gasteiger charge is 2.51. The predicted molar refractivity (Wildman–Crippen MR) is 637 cm³/mol. The fraction of sp³-hybridized carbons (Fsp3) is 0.297. The fourth-order valence-electron chi connectivity index (χ4n) is 23.2. The molecule has 0 aliphatic carbocycles. The molecule has 0 N–H and O–H groups in total. The van der Waals surface area contributed by atoms with Crippen LogP contribution in [0.3, 0.4) is 0 Å². The molecule has 0 saturated carbocycles. The minimum Gasteiger partial charge on any atom is -0.311 e. The van der Waals surface area contributed by atoms with Crippen LogP contribution in [0.5, 0.6) is 0 Å². The Kier molecular flexibility index (Phi) is 22.5. The molecule has 716 valence electrons. The third-order valence-electron chi connectivity index (χ3n) is 31.7. The molecule has 0 atom stereocenters. The molecule has 0 unspecified atom stereocenters. The van der Waals surface area contributed by atoms with E-state index in [0.717, 1.165) is 85.3 Å². The van der Waals surface area contributed by atoms with Gasteiger partial charge in [-0.1, -0.05) is 381 Å². The second kappa shape index (κ2) is 33.3. The van der Waals surface area contributed by atoms with Crippen LogP contribution in [0.2, 0.25) is 78.6 Å². The van der Waals surface area contributed by atoms with Gasteiger partial charge in [0.25, 0.3) is 20.1 Å². The first kappa shape index (κ1) is 96.1. The lowest BCUT2D eigenvalue weighted by molar-refractivity contribution is 0.590. The molecule has 0 spiro atoms. The largest absolute Gasteiger partial charge is 0.311 e. The quantitative estimate of drug-likeness (QED) is 0.106. The molecule has 7 nitrogen and oxygen atoms in total. The smallest absolute Gasteiger partial charge is 0.252 e. The van der Waals surface area contributed by atoms with Crippen LogP contribution >= 0.6 is 0 Å². The van der Waals surface area contributed by atoms with Crippen LogP contribution < -0.4 is 104 Å². The van der Waals surface area contributed by atoms with Crippen molar-refractivity contribution in [2.24, 2.45) is 0 Å². The molecule has 15 aromatic carbocycles. The molecule has 14 heteroatoms. The minimum absolute atomic E-state index is 0.105. The van der Waals surface area contributed by atoms with Crippen LogP contribution in [0, 0.1) is 13.8 Å². The molecule has 6 aliphatic rings. The summed E-state index contributed by atoms with van der Waals surface area (Å²) in [6.07, 6.45) is 0. The molecule has 0 radical (unpaired) electrons. The van der Waals surface area contributed by atoms with Crippen molar-refractivity contribution in [3.05, 3.63) is 336 Å². The Morgan fingerprint density at radius 2 is 0.366 bits per heavy atom. The molecule has 0 saturated heterocycles. The summed E-state index contributed by atoms with van der Waals surface area (Å²) in [5, 5.41) is 5.75. The van der Waals surface area contributed by atoms with Crippen LogP contribution in [0.4, 0.5) is 119 Å². The van der Waals surface area contributed by atoms with Crippen LogP contribution in [-0.4, -0.2) is 52.4 Å². The second-order valence-corrected chi connectivity index (χ2v) is 72.6. The number of rotatable bonds is 13. The summed E-state index contributed by atoms with van der Waals surface area (Å²) in [5.74, 6) is 0. The van der Waals surface area contributed by atoms with Gasteiger partial charge >= 0.3 is 0 Å². The molecule has 0 amide bonds. The van der Waals surface area contributed by atoms with E-state index in [1.54, 1.807) is 0 Å². The van der Waals surface area contributed by atoms with E-state index >= 15 is 0 Å². The maximum absolute atomic E-state index is 2.77. The monoisotopic (exact) mass is 1920 g/mol. The summed E-state index contributed by atoms with van der Waals surface area (Å²) in [5.41, 5.74) is 44.9. The zero-order chi connectivity index (χ0) is 101. The molecule has 21 rings (SSSR count). The lowest BCUT2D eigenvalue weighted by atomic mass is 9.33. The van der Waals surface area contributed by atoms with Crippen LogP contribution in [-0.2, 0) is 32.5 Å². The Morgan fingerprint density at radius 3 is 0.599 bits per heavy atom. The Bertz CT molecular complexity index is 7410. The van der Waals surface area contributed by atoms with Gasteiger partial charge in [0, 0.05) is 102 Å². The Labute approximate surface area is 854 Å². The van der Waals surface area contributed by atoms with Crippen LogP contribution in [0.25, 0.3) is 0 Å². The SMILES string of the molecule is Cc1ccc(N2c3ccc([Si](C)(C)C)cc3B3c4cc(C(C)(C)C)ccc4N(c4ccc(C(C)(C)C)cc4)c4cc(N(c5cc6c7c(c5)N(c5ccc(C(C)(C)C)cc5)c5ccc(C(C)(C)C)cc5B7c5cc(C)ccc5N6c5ccc([Si](C)(C)C)cc5)c5cc6c7c(c5)N(c5ccc([Si](C)(C)C)cc5)c5ccc([Si](C)(C)C)cc5B7c5cc(C(C)(C)C)ccc5N6c5ccc(C(C)(C)C)cc5)cc2c43)cc1. The third-order valence-corrected chi connectivity index (χ3v) is 39.9. The van der Waals surface area contributed by atoms with Crippen LogP contribution in [0.15, 0.2) is 291 Å². The number of nitrogens with zero attached hydrogens (tertiary/aromatic N) is 7. The summed E-state index contributed by atoms with van der Waals surface area (Å²) >= 11 is 0. The highest BCUT2D eigenvalue weighted by Crippen LogP contribution is 2.56. The van der Waals surface area contributed by atoms with Crippen molar-refractivity contribution in [2.75, 3.05) is 34.3 Å². The first-order valence-corrected chi connectivity index (χ1v) is 66.1. The number of anilines is 21. The van der Waals surface area contributed by atoms with Gasteiger partial charge in [0.15, 0.2) is 0 Å². The number of benzene rings is 15. The van der Waals surface area contributed by atoms with Crippen molar-refractivity contribution < 1.29 is 0 Å². The van der Waals surface area contributed by atoms with Gasteiger partial charge in [-0.05, 0) is 274 Å². The topological polar surface area (TPSA) is 22.7 Å². The van der Waals surface area contributed by atoms with E-state index in [4.69, 9.17) is 0 Å². The zero-order valence-corrected chi connectivity index (χ0v) is 94.6. The van der Waals surface area contributed by atoms with Crippen molar-refractivity contribution in [2.45, 2.75) is 250 Å². The van der Waals surface area contributed by atoms with Crippen molar-refractivity contribution >= 4 is 242 Å². The Balaban J connectivity index is 0.982. The third kappa shape index (κ3) is 16.5. The summed E-state index contributed by atoms with van der Waals surface area (Å²) in [4.78, 5) is 18.9. The van der Waals surface area contributed by atoms with Gasteiger partial charge in [-0.2, -0.15) is 0 Å². The highest BCUT2D eigenvalue weighted by molar-refractivity contribution is 7.03. The van der Waals surface area contributed by atoms with Crippen molar-refractivity contribution in [1.29, 1.82) is 0 Å². The predicted octanol–water partition coefficient (Wildman–Crippen LogP) is 28.0. The lowest BCUT2D eigenvalue weighted by Gasteiger charge is -2.47. The summed E-state index contributed by atoms with van der Waals surface area (Å²) in [7, 11) is -7.67. The van der Waals surface area contributed by atoms with Gasteiger partial charge in [0.2, 0.25) is 0 Å². The zero-order valence-electron chi connectivity index (χ0n) is 90.6. The average Bonchev–Trinajstić information content (AvgIpc) is 0.688. The maximum atomic E-state index is 2.77. The standard InChI is InChI=1S/C128H144B3N7Si4/c1-81-33-45-89(46-34-81)133-112-67-61-100(141(27,28)29)79-106(112)130-104-71-87(127(15,16)17)43-65-110(104)135(91-49-38-84(39-50-91)124(6,7)8)117-76-96(75-116(133)121(117)130)132(95-73-114-120-115(74-95)137(93-53-57-98(58-54-93)139(21,22)23)108-63-35-82(2)69-102(108)129(120)103-70-86(126(12,13)14)42-64-109(103)134(114)90-47-36-83(37-48-90)123(3,4)5)97-77-118-122-119(78-97)138(94-55-59-99(60-56-94)140(24,25)26)113-68-62-101(142(30,31)32)80-107(113)131(122)105-72-88(128(18,19)20)44-66-111(105)136(118)92-51-40-85(41-52-92)125(9,10)11/h33-80H,1-32H3. The molecule has 0 fully saturated rings. The second-order valence-electron chi connectivity index (χ2n) is 52.3.